The molecule has 1 amide bonds. The lowest BCUT2D eigenvalue weighted by Gasteiger charge is -2.35. The summed E-state index contributed by atoms with van der Waals surface area (Å²) in [4.78, 5) is 29.8. The van der Waals surface area contributed by atoms with Crippen molar-refractivity contribution in [3.8, 4) is 0 Å². The molecule has 1 unspecified atom stereocenters. The standard InChI is InChI=1S/C28H23Cl2N3O2/c1-17-23(28(35)32-22-8-3-2-4-9-22)24(18-10-12-20(29)13-11-18)25(27-31-14-15-33(17)27)26(34)19-6-5-7-21(30)16-19/h2-13,16,24,31H,14-15H2,1H3,(H,32,35). The number of benzene rings is 3. The van der Waals surface area contributed by atoms with Gasteiger partial charge in [-0.1, -0.05) is 65.7 Å². The summed E-state index contributed by atoms with van der Waals surface area (Å²) in [5.41, 5.74) is 3.80. The van der Waals surface area contributed by atoms with Gasteiger partial charge in [-0.25, -0.2) is 0 Å². The Hall–Kier alpha value is -3.54. The SMILES string of the molecule is CC1=C(C(=O)Nc2ccccc2)C(c2ccc(Cl)cc2)C(C(=O)c2cccc(Cl)c2)=C2NCCN12. The van der Waals surface area contributed by atoms with Crippen molar-refractivity contribution in [3.63, 3.8) is 0 Å². The highest BCUT2D eigenvalue weighted by molar-refractivity contribution is 6.31. The molecule has 0 radical (unpaired) electrons. The number of fused-ring (bicyclic) bond motifs is 1. The number of carbonyl (C=O) groups is 2. The first-order valence-electron chi connectivity index (χ1n) is 11.3. The first-order valence-corrected chi connectivity index (χ1v) is 12.1. The number of carbonyl (C=O) groups excluding carboxylic acids is 2. The molecule has 3 aromatic carbocycles. The third kappa shape index (κ3) is 4.45. The monoisotopic (exact) mass is 503 g/mol. The highest BCUT2D eigenvalue weighted by atomic mass is 35.5. The van der Waals surface area contributed by atoms with Gasteiger partial charge in [0.05, 0.1) is 5.57 Å². The minimum atomic E-state index is -0.598. The van der Waals surface area contributed by atoms with E-state index in [-0.39, 0.29) is 11.7 Å². The largest absolute Gasteiger partial charge is 0.369 e. The smallest absolute Gasteiger partial charge is 0.254 e. The van der Waals surface area contributed by atoms with Crippen LogP contribution in [-0.2, 0) is 4.79 Å². The van der Waals surface area contributed by atoms with Gasteiger partial charge in [0.1, 0.15) is 5.82 Å². The van der Waals surface area contributed by atoms with Crippen LogP contribution in [-0.4, -0.2) is 29.7 Å². The maximum atomic E-state index is 14.0. The van der Waals surface area contributed by atoms with E-state index in [1.807, 2.05) is 54.3 Å². The van der Waals surface area contributed by atoms with Crippen molar-refractivity contribution in [3.05, 3.63) is 123 Å². The molecule has 7 heteroatoms. The number of nitrogens with zero attached hydrogens (tertiary/aromatic N) is 1. The van der Waals surface area contributed by atoms with Crippen molar-refractivity contribution in [1.82, 2.24) is 10.2 Å². The lowest BCUT2D eigenvalue weighted by Crippen LogP contribution is -2.36. The van der Waals surface area contributed by atoms with Gasteiger partial charge in [0, 0.05) is 51.6 Å². The van der Waals surface area contributed by atoms with Crippen molar-refractivity contribution in [2.24, 2.45) is 0 Å². The molecule has 0 aliphatic carbocycles. The van der Waals surface area contributed by atoms with Crippen LogP contribution in [0.15, 0.2) is 102 Å². The molecule has 2 N–H and O–H groups in total. The first-order chi connectivity index (χ1) is 16.9. The maximum Gasteiger partial charge on any atom is 0.254 e. The van der Waals surface area contributed by atoms with Gasteiger partial charge in [-0.05, 0) is 48.9 Å². The minimum Gasteiger partial charge on any atom is -0.369 e. The Bertz CT molecular complexity index is 1360. The van der Waals surface area contributed by atoms with E-state index in [4.69, 9.17) is 23.2 Å². The number of halogens is 2. The number of Topliss-reactive ketones (excluding diaryl/α,β-unsaturated/α-hetero) is 1. The second-order valence-corrected chi connectivity index (χ2v) is 9.36. The summed E-state index contributed by atoms with van der Waals surface area (Å²) < 4.78 is 0. The second-order valence-electron chi connectivity index (χ2n) is 8.48. The molecular formula is C28H23Cl2N3O2. The highest BCUT2D eigenvalue weighted by Crippen LogP contribution is 2.44. The number of ketones is 1. The van der Waals surface area contributed by atoms with Gasteiger partial charge in [-0.3, -0.25) is 9.59 Å². The molecule has 5 rings (SSSR count). The Morgan fingerprint density at radius 2 is 1.66 bits per heavy atom. The molecule has 1 saturated heterocycles. The highest BCUT2D eigenvalue weighted by Gasteiger charge is 2.42. The van der Waals surface area contributed by atoms with Crippen molar-refractivity contribution in [2.45, 2.75) is 12.8 Å². The second kappa shape index (κ2) is 9.61. The zero-order valence-electron chi connectivity index (χ0n) is 19.0. The average Bonchev–Trinajstić information content (AvgIpc) is 3.35. The summed E-state index contributed by atoms with van der Waals surface area (Å²) in [6.45, 7) is 3.25. The molecule has 1 atom stereocenters. The zero-order chi connectivity index (χ0) is 24.5. The summed E-state index contributed by atoms with van der Waals surface area (Å²) in [6.07, 6.45) is 0. The fourth-order valence-corrected chi connectivity index (χ4v) is 5.05. The van der Waals surface area contributed by atoms with Gasteiger partial charge in [0.15, 0.2) is 5.78 Å². The minimum absolute atomic E-state index is 0.181. The van der Waals surface area contributed by atoms with Crippen molar-refractivity contribution in [1.29, 1.82) is 0 Å². The number of amides is 1. The molecule has 5 nitrogen and oxygen atoms in total. The van der Waals surface area contributed by atoms with E-state index in [1.165, 1.54) is 0 Å². The molecule has 0 spiro atoms. The molecule has 1 fully saturated rings. The van der Waals surface area contributed by atoms with Crippen molar-refractivity contribution >= 4 is 40.6 Å². The first kappa shape index (κ1) is 23.2. The number of allylic oxidation sites excluding steroid dienone is 2. The van der Waals surface area contributed by atoms with Crippen LogP contribution in [0.4, 0.5) is 5.69 Å². The number of nitrogens with one attached hydrogen (secondary N) is 2. The van der Waals surface area contributed by atoms with Gasteiger partial charge < -0.3 is 15.5 Å². The number of rotatable bonds is 5. The Balaban J connectivity index is 1.68. The van der Waals surface area contributed by atoms with Gasteiger partial charge in [-0.15, -0.1) is 0 Å². The van der Waals surface area contributed by atoms with Gasteiger partial charge in [-0.2, -0.15) is 0 Å². The van der Waals surface area contributed by atoms with Crippen LogP contribution >= 0.6 is 23.2 Å². The predicted octanol–water partition coefficient (Wildman–Crippen LogP) is 6.00. The normalized spacial score (nSPS) is 17.2. The van der Waals surface area contributed by atoms with Gasteiger partial charge in [0.25, 0.3) is 5.91 Å². The number of hydrogen-bond acceptors (Lipinski definition) is 4. The van der Waals surface area contributed by atoms with Gasteiger partial charge in [0.2, 0.25) is 0 Å². The number of anilines is 1. The van der Waals surface area contributed by atoms with E-state index in [0.717, 1.165) is 17.1 Å². The van der Waals surface area contributed by atoms with Crippen molar-refractivity contribution < 1.29 is 9.59 Å². The third-order valence-corrected chi connectivity index (χ3v) is 6.82. The topological polar surface area (TPSA) is 61.4 Å². The summed E-state index contributed by atoms with van der Waals surface area (Å²) in [5, 5.41) is 7.46. The number of hydrogen-bond donors (Lipinski definition) is 2. The van der Waals surface area contributed by atoms with E-state index < -0.39 is 5.92 Å². The summed E-state index contributed by atoms with van der Waals surface area (Å²) in [5.74, 6) is -0.307. The molecule has 2 heterocycles. The van der Waals surface area contributed by atoms with Crippen LogP contribution in [0.5, 0.6) is 0 Å². The van der Waals surface area contributed by atoms with E-state index in [2.05, 4.69) is 10.6 Å². The molecule has 3 aromatic rings. The Morgan fingerprint density at radius 3 is 2.37 bits per heavy atom. The maximum absolute atomic E-state index is 14.0. The van der Waals surface area contributed by atoms with Crippen LogP contribution in [0.25, 0.3) is 0 Å². The van der Waals surface area contributed by atoms with Crippen LogP contribution in [0.1, 0.15) is 28.8 Å². The quantitative estimate of drug-likeness (QED) is 0.419. The average molecular weight is 504 g/mol. The summed E-state index contributed by atoms with van der Waals surface area (Å²) >= 11 is 12.4. The van der Waals surface area contributed by atoms with E-state index >= 15 is 0 Å². The van der Waals surface area contributed by atoms with E-state index in [9.17, 15) is 9.59 Å². The van der Waals surface area contributed by atoms with Gasteiger partial charge >= 0.3 is 0 Å². The van der Waals surface area contributed by atoms with Crippen molar-refractivity contribution in [2.75, 3.05) is 18.4 Å². The van der Waals surface area contributed by atoms with E-state index in [0.29, 0.717) is 45.5 Å². The molecular weight excluding hydrogens is 481 g/mol. The predicted molar refractivity (Wildman–Crippen MR) is 139 cm³/mol. The third-order valence-electron chi connectivity index (χ3n) is 6.34. The molecule has 2 aliphatic heterocycles. The molecule has 2 aliphatic rings. The van der Waals surface area contributed by atoms with Crippen LogP contribution in [0.3, 0.4) is 0 Å². The molecule has 35 heavy (non-hydrogen) atoms. The summed E-state index contributed by atoms with van der Waals surface area (Å²) in [6, 6.07) is 23.5. The molecule has 0 aromatic heterocycles. The fourth-order valence-electron chi connectivity index (χ4n) is 4.73. The summed E-state index contributed by atoms with van der Waals surface area (Å²) in [7, 11) is 0. The lowest BCUT2D eigenvalue weighted by molar-refractivity contribution is -0.113. The van der Waals surface area contributed by atoms with Crippen LogP contribution in [0, 0.1) is 0 Å². The molecule has 0 saturated carbocycles. The lowest BCUT2D eigenvalue weighted by atomic mass is 9.77. The van der Waals surface area contributed by atoms with Crippen LogP contribution in [0.2, 0.25) is 10.0 Å². The Kier molecular flexibility index (Phi) is 6.37. The van der Waals surface area contributed by atoms with E-state index in [1.54, 1.807) is 36.4 Å². The molecule has 176 valence electrons. The van der Waals surface area contributed by atoms with Crippen LogP contribution < -0.4 is 10.6 Å². The zero-order valence-corrected chi connectivity index (χ0v) is 20.5. The Labute approximate surface area is 214 Å². The molecule has 0 bridgehead atoms. The number of para-hydroxylation sites is 1. The Morgan fingerprint density at radius 1 is 0.914 bits per heavy atom. The fraction of sp³-hybridized carbons (Fsp3) is 0.143.